The van der Waals surface area contributed by atoms with Crippen molar-refractivity contribution in [3.8, 4) is 0 Å². The lowest BCUT2D eigenvalue weighted by Gasteiger charge is -2.13. The van der Waals surface area contributed by atoms with Gasteiger partial charge in [-0.15, -0.1) is 0 Å². The van der Waals surface area contributed by atoms with Gasteiger partial charge in [0.05, 0.1) is 5.69 Å². The molecule has 1 fully saturated rings. The number of benzene rings is 1. The summed E-state index contributed by atoms with van der Waals surface area (Å²) in [7, 11) is 0. The Kier molecular flexibility index (Phi) is 3.20. The second kappa shape index (κ2) is 4.66. The van der Waals surface area contributed by atoms with Crippen LogP contribution in [0.1, 0.15) is 6.42 Å². The van der Waals surface area contributed by atoms with Crippen LogP contribution in [0, 0.1) is 0 Å². The Labute approximate surface area is 107 Å². The fraction of sp³-hybridized carbons (Fsp3) is 0.182. The van der Waals surface area contributed by atoms with E-state index in [1.165, 1.54) is 24.3 Å². The Morgan fingerprint density at radius 1 is 1.33 bits per heavy atom. The number of nitrogens with zero attached hydrogens (tertiary/aromatic N) is 1. The summed E-state index contributed by atoms with van der Waals surface area (Å²) in [6.07, 6.45) is -0.547. The van der Waals surface area contributed by atoms with Gasteiger partial charge in [0.25, 0.3) is 5.91 Å². The number of carbonyl (C=O) groups excluding carboxylic acids is 3. The van der Waals surface area contributed by atoms with Gasteiger partial charge in [0.1, 0.15) is 6.04 Å². The van der Waals surface area contributed by atoms with Gasteiger partial charge in [0.2, 0.25) is 0 Å². The van der Waals surface area contributed by atoms with Crippen molar-refractivity contribution >= 4 is 35.2 Å². The molecule has 0 aromatic heterocycles. The van der Waals surface area contributed by atoms with Gasteiger partial charge in [-0.25, -0.2) is 9.69 Å². The van der Waals surface area contributed by atoms with E-state index in [9.17, 15) is 19.5 Å². The molecule has 1 aliphatic heterocycles. The van der Waals surface area contributed by atoms with Gasteiger partial charge in [-0.05, 0) is 24.3 Å². The maximum absolute atomic E-state index is 11.9. The molecule has 1 heterocycles. The number of rotatable bonds is 3. The summed E-state index contributed by atoms with van der Waals surface area (Å²) in [4.78, 5) is 34.8. The normalized spacial score (nSPS) is 18.9. The molecule has 0 saturated carbocycles. The number of hydrogen-bond donors (Lipinski definition) is 1. The summed E-state index contributed by atoms with van der Waals surface area (Å²) >= 11 is 5.70. The Hall–Kier alpha value is -2.08. The van der Waals surface area contributed by atoms with Crippen molar-refractivity contribution in [2.24, 2.45) is 0 Å². The molecule has 1 aliphatic rings. The molecule has 1 aromatic carbocycles. The monoisotopic (exact) mass is 267 g/mol. The Morgan fingerprint density at radius 3 is 2.50 bits per heavy atom. The number of amides is 3. The SMILES string of the molecule is O=C([O-])C[C@H]1NC(=O)N(c2ccc(Cl)cc2)C1=O. The van der Waals surface area contributed by atoms with Crippen molar-refractivity contribution in [3.05, 3.63) is 29.3 Å². The molecule has 6 nitrogen and oxygen atoms in total. The quantitative estimate of drug-likeness (QED) is 0.775. The van der Waals surface area contributed by atoms with Crippen LogP contribution in [0.5, 0.6) is 0 Å². The molecule has 1 N–H and O–H groups in total. The van der Waals surface area contributed by atoms with Crippen LogP contribution in [0.4, 0.5) is 10.5 Å². The average Bonchev–Trinajstić information content (AvgIpc) is 2.55. The van der Waals surface area contributed by atoms with Crippen LogP contribution < -0.4 is 15.3 Å². The number of aliphatic carboxylic acids is 1. The number of carboxylic acids is 1. The Bertz CT molecular complexity index is 514. The molecule has 2 rings (SSSR count). The van der Waals surface area contributed by atoms with Crippen LogP contribution in [-0.4, -0.2) is 23.9 Å². The summed E-state index contributed by atoms with van der Waals surface area (Å²) in [6.45, 7) is 0. The van der Waals surface area contributed by atoms with Crippen molar-refractivity contribution in [2.45, 2.75) is 12.5 Å². The molecule has 0 aliphatic carbocycles. The van der Waals surface area contributed by atoms with Gasteiger partial charge in [-0.1, -0.05) is 11.6 Å². The molecule has 1 aromatic rings. The van der Waals surface area contributed by atoms with Crippen molar-refractivity contribution in [3.63, 3.8) is 0 Å². The molecule has 18 heavy (non-hydrogen) atoms. The van der Waals surface area contributed by atoms with Crippen LogP contribution in [0.2, 0.25) is 5.02 Å². The highest BCUT2D eigenvalue weighted by molar-refractivity contribution is 6.30. The molecule has 1 saturated heterocycles. The molecule has 0 radical (unpaired) electrons. The summed E-state index contributed by atoms with van der Waals surface area (Å²) in [5.41, 5.74) is 0.336. The fourth-order valence-corrected chi connectivity index (χ4v) is 1.80. The Balaban J connectivity index is 2.24. The largest absolute Gasteiger partial charge is 0.550 e. The summed E-state index contributed by atoms with van der Waals surface area (Å²) < 4.78 is 0. The number of imide groups is 1. The van der Waals surface area contributed by atoms with E-state index in [1.807, 2.05) is 0 Å². The van der Waals surface area contributed by atoms with Gasteiger partial charge in [0.15, 0.2) is 0 Å². The molecular formula is C11H8ClN2O4-. The number of carbonyl (C=O) groups is 3. The highest BCUT2D eigenvalue weighted by Gasteiger charge is 2.38. The number of nitrogens with one attached hydrogen (secondary N) is 1. The van der Waals surface area contributed by atoms with Gasteiger partial charge in [-0.3, -0.25) is 4.79 Å². The van der Waals surface area contributed by atoms with Gasteiger partial charge < -0.3 is 15.2 Å². The maximum atomic E-state index is 11.9. The van der Waals surface area contributed by atoms with E-state index in [4.69, 9.17) is 11.6 Å². The lowest BCUT2D eigenvalue weighted by atomic mass is 10.2. The zero-order chi connectivity index (χ0) is 13.3. The highest BCUT2D eigenvalue weighted by Crippen LogP contribution is 2.22. The lowest BCUT2D eigenvalue weighted by Crippen LogP contribution is -2.37. The van der Waals surface area contributed by atoms with E-state index in [-0.39, 0.29) is 0 Å². The molecular weight excluding hydrogens is 260 g/mol. The number of halogens is 1. The predicted octanol–water partition coefficient (Wildman–Crippen LogP) is -0.0952. The molecule has 3 amide bonds. The summed E-state index contributed by atoms with van der Waals surface area (Å²) in [5.74, 6) is -2.02. The maximum Gasteiger partial charge on any atom is 0.329 e. The smallest absolute Gasteiger partial charge is 0.329 e. The van der Waals surface area contributed by atoms with Crippen molar-refractivity contribution in [1.82, 2.24) is 5.32 Å². The van der Waals surface area contributed by atoms with E-state index in [0.717, 1.165) is 4.90 Å². The molecule has 0 bridgehead atoms. The van der Waals surface area contributed by atoms with Crippen molar-refractivity contribution in [1.29, 1.82) is 0 Å². The van der Waals surface area contributed by atoms with Gasteiger partial charge in [0, 0.05) is 17.4 Å². The third kappa shape index (κ3) is 2.28. The first-order valence-electron chi connectivity index (χ1n) is 5.09. The zero-order valence-corrected chi connectivity index (χ0v) is 9.81. The number of carboxylic acid groups (broad SMARTS) is 1. The summed E-state index contributed by atoms with van der Waals surface area (Å²) in [5, 5.41) is 13.2. The molecule has 94 valence electrons. The minimum absolute atomic E-state index is 0.336. The fourth-order valence-electron chi connectivity index (χ4n) is 1.67. The zero-order valence-electron chi connectivity index (χ0n) is 9.05. The van der Waals surface area contributed by atoms with Gasteiger partial charge >= 0.3 is 6.03 Å². The standard InChI is InChI=1S/C11H9ClN2O4/c12-6-1-3-7(4-2-6)14-10(17)8(5-9(15)16)13-11(14)18/h1-4,8H,5H2,(H,13,18)(H,15,16)/p-1/t8-/m1/s1. The third-order valence-corrected chi connectivity index (χ3v) is 2.73. The minimum Gasteiger partial charge on any atom is -0.550 e. The lowest BCUT2D eigenvalue weighted by molar-refractivity contribution is -0.306. The van der Waals surface area contributed by atoms with Crippen LogP contribution >= 0.6 is 11.6 Å². The second-order valence-electron chi connectivity index (χ2n) is 3.73. The molecule has 0 spiro atoms. The topological polar surface area (TPSA) is 89.5 Å². The summed E-state index contributed by atoms with van der Waals surface area (Å²) in [6, 6.07) is 4.32. The third-order valence-electron chi connectivity index (χ3n) is 2.47. The molecule has 1 atom stereocenters. The minimum atomic E-state index is -1.40. The van der Waals surface area contributed by atoms with E-state index < -0.39 is 30.4 Å². The van der Waals surface area contributed by atoms with Crippen LogP contribution in [0.25, 0.3) is 0 Å². The first-order valence-corrected chi connectivity index (χ1v) is 5.46. The van der Waals surface area contributed by atoms with Crippen LogP contribution in [0.3, 0.4) is 0 Å². The average molecular weight is 268 g/mol. The molecule has 7 heteroatoms. The van der Waals surface area contributed by atoms with Crippen LogP contribution in [-0.2, 0) is 9.59 Å². The first-order chi connectivity index (χ1) is 8.49. The van der Waals surface area contributed by atoms with E-state index in [2.05, 4.69) is 5.32 Å². The Morgan fingerprint density at radius 2 is 1.94 bits per heavy atom. The van der Waals surface area contributed by atoms with Gasteiger partial charge in [-0.2, -0.15) is 0 Å². The van der Waals surface area contributed by atoms with Crippen molar-refractivity contribution in [2.75, 3.05) is 4.90 Å². The number of anilines is 1. The second-order valence-corrected chi connectivity index (χ2v) is 4.16. The van der Waals surface area contributed by atoms with Crippen molar-refractivity contribution < 1.29 is 19.5 Å². The predicted molar refractivity (Wildman–Crippen MR) is 60.9 cm³/mol. The van der Waals surface area contributed by atoms with E-state index in [0.29, 0.717) is 10.7 Å². The van der Waals surface area contributed by atoms with E-state index >= 15 is 0 Å². The van der Waals surface area contributed by atoms with E-state index in [1.54, 1.807) is 0 Å². The number of hydrogen-bond acceptors (Lipinski definition) is 4. The number of urea groups is 1. The molecule has 0 unspecified atom stereocenters. The van der Waals surface area contributed by atoms with Crippen LogP contribution in [0.15, 0.2) is 24.3 Å². The first kappa shape index (κ1) is 12.4. The highest BCUT2D eigenvalue weighted by atomic mass is 35.5.